The second kappa shape index (κ2) is 8.77. The molecule has 0 radical (unpaired) electrons. The smallest absolute Gasteiger partial charge is 0.378 e. The van der Waals surface area contributed by atoms with E-state index >= 15 is 0 Å². The highest BCUT2D eigenvalue weighted by molar-refractivity contribution is 5.51. The summed E-state index contributed by atoms with van der Waals surface area (Å²) >= 11 is 0. The summed E-state index contributed by atoms with van der Waals surface area (Å²) in [6.45, 7) is 8.55. The van der Waals surface area contributed by atoms with Crippen LogP contribution in [0.4, 0.5) is 24.8 Å². The van der Waals surface area contributed by atoms with Crippen molar-refractivity contribution in [3.8, 4) is 0 Å². The van der Waals surface area contributed by atoms with Gasteiger partial charge in [0.2, 0.25) is 0 Å². The largest absolute Gasteiger partial charge is 0.416 e. The van der Waals surface area contributed by atoms with Gasteiger partial charge < -0.3 is 14.5 Å². The lowest BCUT2D eigenvalue weighted by molar-refractivity contribution is -0.137. The molecule has 0 atom stereocenters. The molecule has 30 heavy (non-hydrogen) atoms. The Morgan fingerprint density at radius 1 is 0.900 bits per heavy atom. The van der Waals surface area contributed by atoms with Crippen LogP contribution in [0.25, 0.3) is 0 Å². The lowest BCUT2D eigenvalue weighted by Gasteiger charge is -2.36. The standard InChI is InChI=1S/C21H26F3N5O/c1-16-25-19(14-20(26-16)29-9-11-30-12-10-29)28-7-5-27(6-8-28)15-17-3-2-4-18(13-17)21(22,23)24/h2-4,13-14H,5-12,15H2,1H3. The molecule has 0 saturated carbocycles. The molecule has 3 heterocycles. The second-order valence-electron chi connectivity index (χ2n) is 7.69. The van der Waals surface area contributed by atoms with Crippen LogP contribution in [0, 0.1) is 6.92 Å². The van der Waals surface area contributed by atoms with Gasteiger partial charge in [-0.3, -0.25) is 4.90 Å². The predicted molar refractivity (Wildman–Crippen MR) is 109 cm³/mol. The molecule has 4 rings (SSSR count). The summed E-state index contributed by atoms with van der Waals surface area (Å²) in [5.41, 5.74) is 0.0940. The van der Waals surface area contributed by atoms with Gasteiger partial charge >= 0.3 is 6.18 Å². The lowest BCUT2D eigenvalue weighted by atomic mass is 10.1. The number of piperazine rings is 1. The highest BCUT2D eigenvalue weighted by Gasteiger charge is 2.30. The van der Waals surface area contributed by atoms with Crippen LogP contribution in [0.1, 0.15) is 17.0 Å². The Kier molecular flexibility index (Phi) is 6.10. The zero-order chi connectivity index (χ0) is 21.1. The number of hydrogen-bond acceptors (Lipinski definition) is 6. The fourth-order valence-corrected chi connectivity index (χ4v) is 3.89. The third-order valence-electron chi connectivity index (χ3n) is 5.50. The maximum Gasteiger partial charge on any atom is 0.416 e. The van der Waals surface area contributed by atoms with E-state index < -0.39 is 11.7 Å². The first-order chi connectivity index (χ1) is 14.4. The van der Waals surface area contributed by atoms with Crippen LogP contribution < -0.4 is 9.80 Å². The number of aryl methyl sites for hydroxylation is 1. The Balaban J connectivity index is 1.38. The van der Waals surface area contributed by atoms with Crippen LogP contribution in [-0.4, -0.2) is 67.4 Å². The fraction of sp³-hybridized carbons (Fsp3) is 0.524. The molecule has 0 N–H and O–H groups in total. The van der Waals surface area contributed by atoms with Gasteiger partial charge in [-0.05, 0) is 18.6 Å². The molecule has 0 bridgehead atoms. The molecule has 2 aliphatic heterocycles. The van der Waals surface area contributed by atoms with E-state index in [9.17, 15) is 13.2 Å². The molecule has 0 aliphatic carbocycles. The summed E-state index contributed by atoms with van der Waals surface area (Å²) in [7, 11) is 0. The number of nitrogens with zero attached hydrogens (tertiary/aromatic N) is 5. The van der Waals surface area contributed by atoms with Crippen LogP contribution in [0.15, 0.2) is 30.3 Å². The van der Waals surface area contributed by atoms with Crippen molar-refractivity contribution in [3.63, 3.8) is 0 Å². The van der Waals surface area contributed by atoms with Gasteiger partial charge in [0.05, 0.1) is 18.8 Å². The van der Waals surface area contributed by atoms with E-state index in [0.717, 1.165) is 62.8 Å². The van der Waals surface area contributed by atoms with E-state index in [4.69, 9.17) is 4.74 Å². The van der Waals surface area contributed by atoms with E-state index in [-0.39, 0.29) is 0 Å². The van der Waals surface area contributed by atoms with Crippen molar-refractivity contribution in [2.24, 2.45) is 0 Å². The maximum atomic E-state index is 12.9. The van der Waals surface area contributed by atoms with Gasteiger partial charge in [0.1, 0.15) is 17.5 Å². The SMILES string of the molecule is Cc1nc(N2CCOCC2)cc(N2CCN(Cc3cccc(C(F)(F)F)c3)CC2)n1. The minimum absolute atomic E-state index is 0.513. The molecule has 2 fully saturated rings. The summed E-state index contributed by atoms with van der Waals surface area (Å²) in [6, 6.07) is 7.62. The van der Waals surface area contributed by atoms with Gasteiger partial charge in [0.15, 0.2) is 0 Å². The highest BCUT2D eigenvalue weighted by Crippen LogP contribution is 2.30. The Morgan fingerprint density at radius 3 is 2.17 bits per heavy atom. The molecule has 0 unspecified atom stereocenters. The van der Waals surface area contributed by atoms with Crippen molar-refractivity contribution in [2.75, 3.05) is 62.3 Å². The first-order valence-electron chi connectivity index (χ1n) is 10.2. The van der Waals surface area contributed by atoms with Crippen molar-refractivity contribution in [2.45, 2.75) is 19.6 Å². The molecule has 2 aromatic rings. The van der Waals surface area contributed by atoms with Crippen LogP contribution >= 0.6 is 0 Å². The van der Waals surface area contributed by atoms with Gasteiger partial charge in [-0.25, -0.2) is 9.97 Å². The van der Waals surface area contributed by atoms with Crippen LogP contribution in [0.3, 0.4) is 0 Å². The zero-order valence-corrected chi connectivity index (χ0v) is 17.0. The normalized spacial score (nSPS) is 18.7. The number of halogens is 3. The average Bonchev–Trinajstić information content (AvgIpc) is 2.74. The van der Waals surface area contributed by atoms with E-state index in [2.05, 4.69) is 24.7 Å². The Labute approximate surface area is 174 Å². The van der Waals surface area contributed by atoms with Crippen molar-refractivity contribution in [3.05, 3.63) is 47.3 Å². The fourth-order valence-electron chi connectivity index (χ4n) is 3.89. The number of morpholine rings is 1. The van der Waals surface area contributed by atoms with Crippen LogP contribution in [-0.2, 0) is 17.5 Å². The lowest BCUT2D eigenvalue weighted by Crippen LogP contribution is -2.46. The van der Waals surface area contributed by atoms with Crippen molar-refractivity contribution in [1.29, 1.82) is 0 Å². The summed E-state index contributed by atoms with van der Waals surface area (Å²) in [5.74, 6) is 2.57. The number of ether oxygens (including phenoxy) is 1. The van der Waals surface area contributed by atoms with Crippen LogP contribution in [0.2, 0.25) is 0 Å². The van der Waals surface area contributed by atoms with Crippen molar-refractivity contribution < 1.29 is 17.9 Å². The van der Waals surface area contributed by atoms with E-state index in [1.54, 1.807) is 6.07 Å². The van der Waals surface area contributed by atoms with Crippen LogP contribution in [0.5, 0.6) is 0 Å². The molecule has 2 saturated heterocycles. The minimum Gasteiger partial charge on any atom is -0.378 e. The summed E-state index contributed by atoms with van der Waals surface area (Å²) in [6.07, 6.45) is -4.31. The van der Waals surface area contributed by atoms with Crippen molar-refractivity contribution in [1.82, 2.24) is 14.9 Å². The third kappa shape index (κ3) is 5.02. The number of aromatic nitrogens is 2. The molecule has 0 spiro atoms. The predicted octanol–water partition coefficient (Wildman–Crippen LogP) is 2.96. The van der Waals surface area contributed by atoms with Gasteiger partial charge in [0, 0.05) is 51.9 Å². The monoisotopic (exact) mass is 421 g/mol. The summed E-state index contributed by atoms with van der Waals surface area (Å²) in [5, 5.41) is 0. The zero-order valence-electron chi connectivity index (χ0n) is 17.0. The summed E-state index contributed by atoms with van der Waals surface area (Å²) < 4.78 is 44.2. The Morgan fingerprint density at radius 2 is 1.53 bits per heavy atom. The number of benzene rings is 1. The number of anilines is 2. The van der Waals surface area contributed by atoms with E-state index in [1.165, 1.54) is 12.1 Å². The van der Waals surface area contributed by atoms with E-state index in [0.29, 0.717) is 25.3 Å². The van der Waals surface area contributed by atoms with Gasteiger partial charge in [-0.15, -0.1) is 0 Å². The molecule has 2 aliphatic rings. The molecule has 9 heteroatoms. The molecule has 6 nitrogen and oxygen atoms in total. The first kappa shape index (κ1) is 20.9. The first-order valence-corrected chi connectivity index (χ1v) is 10.2. The molecular weight excluding hydrogens is 395 g/mol. The highest BCUT2D eigenvalue weighted by atomic mass is 19.4. The van der Waals surface area contributed by atoms with E-state index in [1.807, 2.05) is 13.0 Å². The van der Waals surface area contributed by atoms with Gasteiger partial charge in [-0.2, -0.15) is 13.2 Å². The second-order valence-corrected chi connectivity index (χ2v) is 7.69. The topological polar surface area (TPSA) is 44.7 Å². The van der Waals surface area contributed by atoms with Gasteiger partial charge in [0.25, 0.3) is 0 Å². The summed E-state index contributed by atoms with van der Waals surface area (Å²) in [4.78, 5) is 15.8. The maximum absolute atomic E-state index is 12.9. The molecule has 1 aromatic heterocycles. The third-order valence-corrected chi connectivity index (χ3v) is 5.50. The Hall–Kier alpha value is -2.39. The Bertz CT molecular complexity index is 862. The number of hydrogen-bond donors (Lipinski definition) is 0. The molecule has 162 valence electrons. The molecule has 1 aromatic carbocycles. The van der Waals surface area contributed by atoms with Crippen molar-refractivity contribution >= 4 is 11.6 Å². The molecule has 0 amide bonds. The molecular formula is C21H26F3N5O. The average molecular weight is 421 g/mol. The minimum atomic E-state index is -4.31. The number of alkyl halides is 3. The quantitative estimate of drug-likeness (QED) is 0.757. The van der Waals surface area contributed by atoms with Gasteiger partial charge in [-0.1, -0.05) is 18.2 Å². The number of rotatable bonds is 4.